The number of aryl methyl sites for hydroxylation is 1. The van der Waals surface area contributed by atoms with Crippen LogP contribution in [0.5, 0.6) is 5.75 Å². The van der Waals surface area contributed by atoms with E-state index >= 15 is 0 Å². The molecule has 3 N–H and O–H groups in total. The SMILES string of the molecule is COc1ccc(Nc2ccc(N)cc2I)c(C)c1. The van der Waals surface area contributed by atoms with Crippen LogP contribution in [0.3, 0.4) is 0 Å². The van der Waals surface area contributed by atoms with Crippen molar-refractivity contribution in [2.75, 3.05) is 18.2 Å². The van der Waals surface area contributed by atoms with Gasteiger partial charge in [-0.25, -0.2) is 0 Å². The fraction of sp³-hybridized carbons (Fsp3) is 0.143. The minimum atomic E-state index is 0.774. The molecule has 0 heterocycles. The minimum Gasteiger partial charge on any atom is -0.497 e. The van der Waals surface area contributed by atoms with E-state index in [-0.39, 0.29) is 0 Å². The predicted octanol–water partition coefficient (Wildman–Crippen LogP) is 3.93. The maximum Gasteiger partial charge on any atom is 0.119 e. The summed E-state index contributed by atoms with van der Waals surface area (Å²) in [5.74, 6) is 0.866. The van der Waals surface area contributed by atoms with Gasteiger partial charge in [-0.3, -0.25) is 0 Å². The van der Waals surface area contributed by atoms with Crippen molar-refractivity contribution in [1.29, 1.82) is 0 Å². The molecule has 2 aromatic rings. The van der Waals surface area contributed by atoms with Gasteiger partial charge in [-0.05, 0) is 71.5 Å². The van der Waals surface area contributed by atoms with Crippen LogP contribution in [-0.4, -0.2) is 7.11 Å². The first-order valence-electron chi connectivity index (χ1n) is 5.57. The minimum absolute atomic E-state index is 0.774. The van der Waals surface area contributed by atoms with Gasteiger partial charge < -0.3 is 15.8 Å². The van der Waals surface area contributed by atoms with E-state index in [1.807, 2.05) is 36.4 Å². The first kappa shape index (κ1) is 13.0. The molecule has 0 atom stereocenters. The number of nitrogen functional groups attached to an aromatic ring is 1. The number of hydrogen-bond acceptors (Lipinski definition) is 3. The van der Waals surface area contributed by atoms with Gasteiger partial charge in [-0.15, -0.1) is 0 Å². The lowest BCUT2D eigenvalue weighted by Gasteiger charge is -2.12. The van der Waals surface area contributed by atoms with Crippen LogP contribution >= 0.6 is 22.6 Å². The number of ether oxygens (including phenoxy) is 1. The summed E-state index contributed by atoms with van der Waals surface area (Å²) in [4.78, 5) is 0. The molecule has 4 heteroatoms. The average molecular weight is 354 g/mol. The summed E-state index contributed by atoms with van der Waals surface area (Å²) in [5.41, 5.74) is 9.78. The molecular weight excluding hydrogens is 339 g/mol. The van der Waals surface area contributed by atoms with Gasteiger partial charge in [0.2, 0.25) is 0 Å². The molecule has 0 unspecified atom stereocenters. The molecule has 0 fully saturated rings. The highest BCUT2D eigenvalue weighted by Crippen LogP contribution is 2.28. The largest absolute Gasteiger partial charge is 0.497 e. The standard InChI is InChI=1S/C14H15IN2O/c1-9-7-11(18-2)4-6-13(9)17-14-5-3-10(16)8-12(14)15/h3-8,17H,16H2,1-2H3. The highest BCUT2D eigenvalue weighted by atomic mass is 127. The third-order valence-electron chi connectivity index (χ3n) is 2.70. The summed E-state index contributed by atoms with van der Waals surface area (Å²) >= 11 is 2.27. The van der Waals surface area contributed by atoms with E-state index in [0.717, 1.165) is 31.9 Å². The molecule has 0 aliphatic carbocycles. The quantitative estimate of drug-likeness (QED) is 0.649. The second-order valence-electron chi connectivity index (χ2n) is 4.05. The fourth-order valence-electron chi connectivity index (χ4n) is 1.68. The molecule has 2 aromatic carbocycles. The van der Waals surface area contributed by atoms with Crippen LogP contribution in [0.4, 0.5) is 17.1 Å². The first-order chi connectivity index (χ1) is 8.60. The maximum atomic E-state index is 5.74. The third-order valence-corrected chi connectivity index (χ3v) is 3.59. The van der Waals surface area contributed by atoms with E-state index in [0.29, 0.717) is 0 Å². The number of rotatable bonds is 3. The summed E-state index contributed by atoms with van der Waals surface area (Å²) in [6.45, 7) is 2.05. The second-order valence-corrected chi connectivity index (χ2v) is 5.21. The second kappa shape index (κ2) is 5.48. The first-order valence-corrected chi connectivity index (χ1v) is 6.64. The van der Waals surface area contributed by atoms with Crippen LogP contribution < -0.4 is 15.8 Å². The molecule has 0 aliphatic rings. The third kappa shape index (κ3) is 2.87. The Morgan fingerprint density at radius 3 is 2.44 bits per heavy atom. The Kier molecular flexibility index (Phi) is 3.96. The molecule has 0 bridgehead atoms. The maximum absolute atomic E-state index is 5.74. The number of hydrogen-bond donors (Lipinski definition) is 2. The number of halogens is 1. The summed E-state index contributed by atoms with van der Waals surface area (Å²) in [5, 5.41) is 3.40. The highest BCUT2D eigenvalue weighted by Gasteiger charge is 2.04. The molecule has 3 nitrogen and oxygen atoms in total. The molecule has 0 saturated carbocycles. The van der Waals surface area contributed by atoms with Gasteiger partial charge in [0.25, 0.3) is 0 Å². The van der Waals surface area contributed by atoms with Crippen LogP contribution in [0.1, 0.15) is 5.56 Å². The molecule has 0 amide bonds. The van der Waals surface area contributed by atoms with Crippen LogP contribution in [-0.2, 0) is 0 Å². The Labute approximate surface area is 120 Å². The number of nitrogens with two attached hydrogens (primary N) is 1. The normalized spacial score (nSPS) is 10.2. The van der Waals surface area contributed by atoms with E-state index in [2.05, 4.69) is 34.8 Å². The number of anilines is 3. The van der Waals surface area contributed by atoms with E-state index < -0.39 is 0 Å². The van der Waals surface area contributed by atoms with E-state index in [1.165, 1.54) is 0 Å². The summed E-state index contributed by atoms with van der Waals surface area (Å²) < 4.78 is 6.29. The van der Waals surface area contributed by atoms with Gasteiger partial charge >= 0.3 is 0 Å². The molecular formula is C14H15IN2O. The van der Waals surface area contributed by atoms with Gasteiger partial charge in [0.05, 0.1) is 12.8 Å². The van der Waals surface area contributed by atoms with Crippen molar-refractivity contribution >= 4 is 39.7 Å². The topological polar surface area (TPSA) is 47.3 Å². The van der Waals surface area contributed by atoms with Crippen molar-refractivity contribution in [2.24, 2.45) is 0 Å². The number of nitrogens with one attached hydrogen (secondary N) is 1. The van der Waals surface area contributed by atoms with Crippen molar-refractivity contribution in [3.8, 4) is 5.75 Å². The zero-order chi connectivity index (χ0) is 13.1. The van der Waals surface area contributed by atoms with Gasteiger partial charge in [-0.2, -0.15) is 0 Å². The summed E-state index contributed by atoms with van der Waals surface area (Å²) in [6, 6.07) is 11.8. The molecule has 94 valence electrons. The molecule has 0 spiro atoms. The lowest BCUT2D eigenvalue weighted by atomic mass is 10.2. The van der Waals surface area contributed by atoms with Crippen LogP contribution in [0.15, 0.2) is 36.4 Å². The van der Waals surface area contributed by atoms with Crippen LogP contribution in [0.2, 0.25) is 0 Å². The Balaban J connectivity index is 2.28. The number of methoxy groups -OCH3 is 1. The lowest BCUT2D eigenvalue weighted by molar-refractivity contribution is 0.414. The van der Waals surface area contributed by atoms with Crippen molar-refractivity contribution in [1.82, 2.24) is 0 Å². The van der Waals surface area contributed by atoms with Gasteiger partial charge in [0, 0.05) is 14.9 Å². The van der Waals surface area contributed by atoms with Crippen LogP contribution in [0.25, 0.3) is 0 Å². The Hall–Kier alpha value is -1.43. The van der Waals surface area contributed by atoms with Crippen LogP contribution in [0, 0.1) is 10.5 Å². The zero-order valence-electron chi connectivity index (χ0n) is 10.3. The Morgan fingerprint density at radius 1 is 1.11 bits per heavy atom. The molecule has 0 radical (unpaired) electrons. The van der Waals surface area contributed by atoms with E-state index in [1.54, 1.807) is 7.11 Å². The number of benzene rings is 2. The van der Waals surface area contributed by atoms with E-state index in [9.17, 15) is 0 Å². The van der Waals surface area contributed by atoms with Crippen molar-refractivity contribution in [2.45, 2.75) is 6.92 Å². The summed E-state index contributed by atoms with van der Waals surface area (Å²) in [6.07, 6.45) is 0. The molecule has 0 aliphatic heterocycles. The van der Waals surface area contributed by atoms with Crippen molar-refractivity contribution < 1.29 is 4.74 Å². The molecule has 0 saturated heterocycles. The smallest absolute Gasteiger partial charge is 0.119 e. The molecule has 18 heavy (non-hydrogen) atoms. The Morgan fingerprint density at radius 2 is 1.83 bits per heavy atom. The predicted molar refractivity (Wildman–Crippen MR) is 84.6 cm³/mol. The summed E-state index contributed by atoms with van der Waals surface area (Å²) in [7, 11) is 1.67. The fourth-order valence-corrected chi connectivity index (χ4v) is 2.36. The van der Waals surface area contributed by atoms with Crippen molar-refractivity contribution in [3.63, 3.8) is 0 Å². The monoisotopic (exact) mass is 354 g/mol. The average Bonchev–Trinajstić information content (AvgIpc) is 2.34. The highest BCUT2D eigenvalue weighted by molar-refractivity contribution is 14.1. The Bertz CT molecular complexity index is 570. The van der Waals surface area contributed by atoms with Crippen molar-refractivity contribution in [3.05, 3.63) is 45.5 Å². The van der Waals surface area contributed by atoms with Gasteiger partial charge in [-0.1, -0.05) is 0 Å². The van der Waals surface area contributed by atoms with E-state index in [4.69, 9.17) is 10.5 Å². The van der Waals surface area contributed by atoms with Gasteiger partial charge in [0.15, 0.2) is 0 Å². The van der Waals surface area contributed by atoms with Gasteiger partial charge in [0.1, 0.15) is 5.75 Å². The molecule has 0 aromatic heterocycles. The molecule has 2 rings (SSSR count). The lowest BCUT2D eigenvalue weighted by Crippen LogP contribution is -1.97. The zero-order valence-corrected chi connectivity index (χ0v) is 12.5.